The molecule has 2 saturated heterocycles. The highest BCUT2D eigenvalue weighted by Gasteiger charge is 2.45. The van der Waals surface area contributed by atoms with Crippen LogP contribution in [0.4, 0.5) is 0 Å². The fraction of sp³-hybridized carbons (Fsp3) is 0.619. The van der Waals surface area contributed by atoms with Crippen molar-refractivity contribution < 1.29 is 9.47 Å². The van der Waals surface area contributed by atoms with Gasteiger partial charge >= 0.3 is 0 Å². The topological polar surface area (TPSA) is 52.4 Å². The van der Waals surface area contributed by atoms with E-state index in [0.29, 0.717) is 12.5 Å². The molecule has 0 aliphatic carbocycles. The van der Waals surface area contributed by atoms with Crippen molar-refractivity contribution in [3.8, 4) is 0 Å². The molecule has 2 fully saturated rings. The van der Waals surface area contributed by atoms with Gasteiger partial charge in [-0.25, -0.2) is 0 Å². The number of likely N-dealkylation sites (tertiary alicyclic amines) is 1. The predicted octanol–water partition coefficient (Wildman–Crippen LogP) is 2.79. The summed E-state index contributed by atoms with van der Waals surface area (Å²) in [4.78, 5) is 6.58. The molecule has 0 radical (unpaired) electrons. The summed E-state index contributed by atoms with van der Waals surface area (Å²) >= 11 is 0. The molecular weight excluding hydrogens is 340 g/mol. The van der Waals surface area contributed by atoms with Gasteiger partial charge in [0, 0.05) is 64.0 Å². The molecule has 2 aromatic rings. The van der Waals surface area contributed by atoms with Crippen LogP contribution in [-0.2, 0) is 29.7 Å². The van der Waals surface area contributed by atoms with Gasteiger partial charge in [-0.1, -0.05) is 0 Å². The van der Waals surface area contributed by atoms with E-state index in [9.17, 15) is 0 Å². The monoisotopic (exact) mass is 370 g/mol. The fourth-order valence-electron chi connectivity index (χ4n) is 4.54. The summed E-state index contributed by atoms with van der Waals surface area (Å²) in [5.74, 6) is 0.621. The minimum atomic E-state index is 0.0749. The van der Waals surface area contributed by atoms with Gasteiger partial charge in [0.2, 0.25) is 0 Å². The minimum Gasteiger partial charge on any atom is -0.377 e. The highest BCUT2D eigenvalue weighted by Crippen LogP contribution is 2.42. The summed E-state index contributed by atoms with van der Waals surface area (Å²) in [5, 5.41) is 4.28. The van der Waals surface area contributed by atoms with Crippen LogP contribution in [0.5, 0.6) is 0 Å². The molecule has 0 saturated carbocycles. The summed E-state index contributed by atoms with van der Waals surface area (Å²) in [6, 6.07) is 4.02. The van der Waals surface area contributed by atoms with Crippen LogP contribution in [0.15, 0.2) is 36.9 Å². The zero-order chi connectivity index (χ0) is 18.5. The van der Waals surface area contributed by atoms with Crippen molar-refractivity contribution in [1.29, 1.82) is 0 Å². The van der Waals surface area contributed by atoms with Gasteiger partial charge in [-0.2, -0.15) is 5.10 Å². The molecule has 1 atom stereocenters. The van der Waals surface area contributed by atoms with Gasteiger partial charge in [0.25, 0.3) is 0 Å². The first-order chi connectivity index (χ1) is 13.2. The Balaban J connectivity index is 1.23. The van der Waals surface area contributed by atoms with Gasteiger partial charge in [-0.3, -0.25) is 14.6 Å². The quantitative estimate of drug-likeness (QED) is 0.702. The van der Waals surface area contributed by atoms with Crippen LogP contribution in [0.1, 0.15) is 36.8 Å². The zero-order valence-corrected chi connectivity index (χ0v) is 16.2. The first-order valence-corrected chi connectivity index (χ1v) is 10.0. The molecule has 0 N–H and O–H groups in total. The molecule has 2 aliphatic heterocycles. The summed E-state index contributed by atoms with van der Waals surface area (Å²) < 4.78 is 14.1. The Morgan fingerprint density at radius 3 is 2.78 bits per heavy atom. The highest BCUT2D eigenvalue weighted by molar-refractivity contribution is 5.08. The Morgan fingerprint density at radius 1 is 1.22 bits per heavy atom. The average molecular weight is 370 g/mol. The number of aromatic nitrogens is 3. The molecule has 2 aromatic heterocycles. The van der Waals surface area contributed by atoms with Gasteiger partial charge in [-0.15, -0.1) is 0 Å². The Hall–Kier alpha value is -1.76. The number of ether oxygens (including phenoxy) is 2. The maximum absolute atomic E-state index is 6.31. The second kappa shape index (κ2) is 8.50. The number of piperidine rings is 1. The molecular formula is C21H30N4O2. The van der Waals surface area contributed by atoms with Crippen LogP contribution in [-0.4, -0.2) is 51.6 Å². The maximum atomic E-state index is 6.31. The van der Waals surface area contributed by atoms with Crippen LogP contribution in [0.3, 0.4) is 0 Å². The number of hydrogen-bond acceptors (Lipinski definition) is 5. The lowest BCUT2D eigenvalue weighted by molar-refractivity contribution is -0.0733. The summed E-state index contributed by atoms with van der Waals surface area (Å²) in [6.07, 6.45) is 12.2. The van der Waals surface area contributed by atoms with E-state index < -0.39 is 0 Å². The number of pyridine rings is 1. The van der Waals surface area contributed by atoms with Crippen molar-refractivity contribution in [2.24, 2.45) is 13.0 Å². The van der Waals surface area contributed by atoms with E-state index >= 15 is 0 Å². The molecule has 1 spiro atoms. The summed E-state index contributed by atoms with van der Waals surface area (Å²) in [7, 11) is 1.97. The number of aryl methyl sites for hydroxylation is 1. The Labute approximate surface area is 161 Å². The molecule has 4 rings (SSSR count). The molecule has 146 valence electrons. The van der Waals surface area contributed by atoms with Gasteiger partial charge < -0.3 is 9.47 Å². The van der Waals surface area contributed by atoms with Crippen molar-refractivity contribution >= 4 is 0 Å². The SMILES string of the molecule is Cn1cc(CN2CCC3(CC2)OCCC3CCOCc2ccncc2)cn1. The summed E-state index contributed by atoms with van der Waals surface area (Å²) in [5.41, 5.74) is 2.55. The third-order valence-corrected chi connectivity index (χ3v) is 6.10. The van der Waals surface area contributed by atoms with Crippen molar-refractivity contribution in [2.75, 3.05) is 26.3 Å². The van der Waals surface area contributed by atoms with Gasteiger partial charge in [0.1, 0.15) is 0 Å². The van der Waals surface area contributed by atoms with Crippen LogP contribution in [0.25, 0.3) is 0 Å². The maximum Gasteiger partial charge on any atom is 0.0736 e. The Bertz CT molecular complexity index is 710. The van der Waals surface area contributed by atoms with Crippen LogP contribution in [0, 0.1) is 5.92 Å². The molecule has 0 bridgehead atoms. The smallest absolute Gasteiger partial charge is 0.0736 e. The standard InChI is InChI=1S/C21H30N4O2/c1-24-15-19(14-23-24)16-25-10-6-21(7-11-25)20(5-13-27-21)4-12-26-17-18-2-8-22-9-3-18/h2-3,8-9,14-15,20H,4-7,10-13,16-17H2,1H3. The third-order valence-electron chi connectivity index (χ3n) is 6.10. The first-order valence-electron chi connectivity index (χ1n) is 10.0. The molecule has 2 aliphatic rings. The zero-order valence-electron chi connectivity index (χ0n) is 16.2. The molecule has 6 nitrogen and oxygen atoms in total. The third kappa shape index (κ3) is 4.57. The van der Waals surface area contributed by atoms with E-state index in [-0.39, 0.29) is 5.60 Å². The fourth-order valence-corrected chi connectivity index (χ4v) is 4.54. The lowest BCUT2D eigenvalue weighted by Gasteiger charge is -2.42. The summed E-state index contributed by atoms with van der Waals surface area (Å²) in [6.45, 7) is 5.56. The van der Waals surface area contributed by atoms with Crippen molar-refractivity contribution in [3.63, 3.8) is 0 Å². The molecule has 27 heavy (non-hydrogen) atoms. The van der Waals surface area contributed by atoms with Crippen molar-refractivity contribution in [2.45, 2.75) is 44.4 Å². The average Bonchev–Trinajstić information content (AvgIpc) is 3.28. The Morgan fingerprint density at radius 2 is 2.04 bits per heavy atom. The molecule has 4 heterocycles. The molecule has 6 heteroatoms. The van der Waals surface area contributed by atoms with Crippen LogP contribution in [0.2, 0.25) is 0 Å². The lowest BCUT2D eigenvalue weighted by Crippen LogP contribution is -2.47. The van der Waals surface area contributed by atoms with Crippen LogP contribution < -0.4 is 0 Å². The lowest BCUT2D eigenvalue weighted by atomic mass is 9.78. The van der Waals surface area contributed by atoms with Gasteiger partial charge in [0.15, 0.2) is 0 Å². The van der Waals surface area contributed by atoms with E-state index in [1.54, 1.807) is 0 Å². The second-order valence-corrected chi connectivity index (χ2v) is 7.89. The molecule has 0 amide bonds. The van der Waals surface area contributed by atoms with E-state index in [4.69, 9.17) is 9.47 Å². The van der Waals surface area contributed by atoms with Crippen molar-refractivity contribution in [1.82, 2.24) is 19.7 Å². The molecule has 0 aromatic carbocycles. The minimum absolute atomic E-state index is 0.0749. The van der Waals surface area contributed by atoms with Crippen molar-refractivity contribution in [3.05, 3.63) is 48.0 Å². The van der Waals surface area contributed by atoms with Crippen LogP contribution >= 0.6 is 0 Å². The van der Waals surface area contributed by atoms with E-state index in [1.165, 1.54) is 17.5 Å². The molecule has 1 unspecified atom stereocenters. The first kappa shape index (κ1) is 18.6. The number of hydrogen-bond donors (Lipinski definition) is 0. The largest absolute Gasteiger partial charge is 0.377 e. The number of rotatable bonds is 7. The predicted molar refractivity (Wildman–Crippen MR) is 103 cm³/mol. The second-order valence-electron chi connectivity index (χ2n) is 7.89. The van der Waals surface area contributed by atoms with E-state index in [1.807, 2.05) is 42.5 Å². The van der Waals surface area contributed by atoms with Gasteiger partial charge in [0.05, 0.1) is 18.4 Å². The van der Waals surface area contributed by atoms with Gasteiger partial charge in [-0.05, 0) is 49.3 Å². The highest BCUT2D eigenvalue weighted by atomic mass is 16.5. The van der Waals surface area contributed by atoms with E-state index in [2.05, 4.69) is 21.2 Å². The Kier molecular flexibility index (Phi) is 5.86. The number of nitrogens with zero attached hydrogens (tertiary/aromatic N) is 4. The normalized spacial score (nSPS) is 22.5. The van der Waals surface area contributed by atoms with E-state index in [0.717, 1.165) is 52.1 Å².